The van der Waals surface area contributed by atoms with Crippen LogP contribution in [0.25, 0.3) is 0 Å². The molecule has 1 aromatic carbocycles. The van der Waals surface area contributed by atoms with Crippen LogP contribution in [0.2, 0.25) is 0 Å². The molecule has 4 N–H and O–H groups in total. The maximum Gasteiger partial charge on any atom is 0.237 e. The van der Waals surface area contributed by atoms with Crippen LogP contribution in [0.5, 0.6) is 5.75 Å². The molecule has 0 aliphatic heterocycles. The number of hydrogen-bond donors (Lipinski definition) is 3. The van der Waals surface area contributed by atoms with Crippen LogP contribution in [-0.2, 0) is 4.79 Å². The molecule has 0 aliphatic carbocycles. The van der Waals surface area contributed by atoms with Gasteiger partial charge in [0.25, 0.3) is 0 Å². The molecule has 0 saturated carbocycles. The van der Waals surface area contributed by atoms with Gasteiger partial charge < -0.3 is 20.9 Å². The van der Waals surface area contributed by atoms with Crippen molar-refractivity contribution in [1.82, 2.24) is 5.32 Å². The van der Waals surface area contributed by atoms with Crippen LogP contribution in [-0.4, -0.2) is 29.7 Å². The summed E-state index contributed by atoms with van der Waals surface area (Å²) in [5.74, 6) is 0.889. The van der Waals surface area contributed by atoms with E-state index < -0.39 is 12.1 Å². The van der Waals surface area contributed by atoms with E-state index in [1.165, 1.54) is 0 Å². The number of aliphatic hydroxyl groups excluding tert-OH is 1. The molecule has 0 spiro atoms. The second kappa shape index (κ2) is 10.5. The van der Waals surface area contributed by atoms with Crippen molar-refractivity contribution < 1.29 is 14.6 Å². The molecular weight excluding hydrogens is 316 g/mol. The highest BCUT2D eigenvalue weighted by Gasteiger charge is 2.16. The minimum absolute atomic E-state index is 0. The minimum Gasteiger partial charge on any atom is -0.491 e. The molecule has 0 saturated heterocycles. The Morgan fingerprint density at radius 3 is 2.26 bits per heavy atom. The predicted molar refractivity (Wildman–Crippen MR) is 94.9 cm³/mol. The van der Waals surface area contributed by atoms with Crippen LogP contribution < -0.4 is 15.8 Å². The van der Waals surface area contributed by atoms with Gasteiger partial charge in [-0.05, 0) is 43.9 Å². The molecule has 6 heteroatoms. The molecule has 2 atom stereocenters. The van der Waals surface area contributed by atoms with Crippen molar-refractivity contribution >= 4 is 18.3 Å². The van der Waals surface area contributed by atoms with Gasteiger partial charge >= 0.3 is 0 Å². The average Bonchev–Trinajstić information content (AvgIpc) is 2.43. The number of nitrogens with one attached hydrogen (secondary N) is 1. The Morgan fingerprint density at radius 2 is 1.78 bits per heavy atom. The van der Waals surface area contributed by atoms with Crippen molar-refractivity contribution in [2.24, 2.45) is 11.7 Å². The highest BCUT2D eigenvalue weighted by Crippen LogP contribution is 2.18. The number of amides is 1. The molecule has 23 heavy (non-hydrogen) atoms. The van der Waals surface area contributed by atoms with Gasteiger partial charge in [-0.15, -0.1) is 12.4 Å². The fourth-order valence-corrected chi connectivity index (χ4v) is 2.10. The summed E-state index contributed by atoms with van der Waals surface area (Å²) in [5.41, 5.74) is 6.53. The van der Waals surface area contributed by atoms with Gasteiger partial charge in [-0.1, -0.05) is 26.0 Å². The van der Waals surface area contributed by atoms with Gasteiger partial charge in [0.1, 0.15) is 5.75 Å². The minimum atomic E-state index is -0.761. The number of nitrogens with two attached hydrogens (primary N) is 1. The molecule has 0 radical (unpaired) electrons. The Kier molecular flexibility index (Phi) is 9.88. The van der Waals surface area contributed by atoms with Crippen molar-refractivity contribution in [1.29, 1.82) is 0 Å². The normalized spacial score (nSPS) is 13.4. The maximum atomic E-state index is 11.8. The summed E-state index contributed by atoms with van der Waals surface area (Å²) >= 11 is 0. The number of carbonyl (C=O) groups excluding carboxylic acids is 1. The number of halogens is 1. The molecule has 0 aromatic heterocycles. The van der Waals surface area contributed by atoms with Crippen molar-refractivity contribution in [2.75, 3.05) is 6.54 Å². The van der Waals surface area contributed by atoms with E-state index in [4.69, 9.17) is 10.5 Å². The molecular formula is C17H29ClN2O3. The van der Waals surface area contributed by atoms with Gasteiger partial charge in [0, 0.05) is 6.54 Å². The largest absolute Gasteiger partial charge is 0.491 e. The molecule has 0 aliphatic rings. The Bertz CT molecular complexity index is 463. The van der Waals surface area contributed by atoms with Crippen molar-refractivity contribution in [3.05, 3.63) is 29.8 Å². The Morgan fingerprint density at radius 1 is 1.22 bits per heavy atom. The zero-order valence-corrected chi connectivity index (χ0v) is 15.1. The van der Waals surface area contributed by atoms with Crippen LogP contribution in [0.1, 0.15) is 45.8 Å². The first kappa shape index (κ1) is 21.7. The third-order valence-electron chi connectivity index (χ3n) is 3.17. The van der Waals surface area contributed by atoms with Gasteiger partial charge in [0.15, 0.2) is 0 Å². The second-order valence-electron chi connectivity index (χ2n) is 6.23. The van der Waals surface area contributed by atoms with Gasteiger partial charge in [0.05, 0.1) is 18.2 Å². The van der Waals surface area contributed by atoms with E-state index in [-0.39, 0.29) is 31.0 Å². The predicted octanol–water partition coefficient (Wildman–Crippen LogP) is 2.42. The molecule has 0 heterocycles. The summed E-state index contributed by atoms with van der Waals surface area (Å²) in [6.07, 6.45) is -0.0239. The SMILES string of the molecule is CC(C)C[C@H](N)C(=O)NCC(O)c1ccc(OC(C)C)cc1.Cl. The highest BCUT2D eigenvalue weighted by atomic mass is 35.5. The van der Waals surface area contributed by atoms with Crippen LogP contribution in [0.15, 0.2) is 24.3 Å². The van der Waals surface area contributed by atoms with E-state index in [9.17, 15) is 9.90 Å². The van der Waals surface area contributed by atoms with Crippen LogP contribution >= 0.6 is 12.4 Å². The van der Waals surface area contributed by atoms with Gasteiger partial charge in [-0.2, -0.15) is 0 Å². The number of aliphatic hydroxyl groups is 1. The zero-order chi connectivity index (χ0) is 16.7. The first-order valence-corrected chi connectivity index (χ1v) is 7.77. The Labute approximate surface area is 145 Å². The lowest BCUT2D eigenvalue weighted by Gasteiger charge is -2.17. The lowest BCUT2D eigenvalue weighted by molar-refractivity contribution is -0.123. The average molecular weight is 345 g/mol. The van der Waals surface area contributed by atoms with E-state index in [1.807, 2.05) is 39.8 Å². The molecule has 1 amide bonds. The van der Waals surface area contributed by atoms with E-state index in [2.05, 4.69) is 5.32 Å². The maximum absolute atomic E-state index is 11.8. The standard InChI is InChI=1S/C17H28N2O3.ClH/c1-11(2)9-15(18)17(21)19-10-16(20)13-5-7-14(8-6-13)22-12(3)4;/h5-8,11-12,15-16,20H,9-10,18H2,1-4H3,(H,19,21);1H/t15-,16?;/m0./s1. The van der Waals surface area contributed by atoms with E-state index >= 15 is 0 Å². The fraction of sp³-hybridized carbons (Fsp3) is 0.588. The summed E-state index contributed by atoms with van der Waals surface area (Å²) in [4.78, 5) is 11.8. The second-order valence-corrected chi connectivity index (χ2v) is 6.23. The summed E-state index contributed by atoms with van der Waals surface area (Å²) < 4.78 is 5.55. The lowest BCUT2D eigenvalue weighted by atomic mass is 10.0. The monoisotopic (exact) mass is 344 g/mol. The van der Waals surface area contributed by atoms with Crippen LogP contribution in [0, 0.1) is 5.92 Å². The van der Waals surface area contributed by atoms with E-state index in [1.54, 1.807) is 12.1 Å². The third-order valence-corrected chi connectivity index (χ3v) is 3.17. The summed E-state index contributed by atoms with van der Waals surface area (Å²) in [6.45, 7) is 8.10. The fourth-order valence-electron chi connectivity index (χ4n) is 2.10. The quantitative estimate of drug-likeness (QED) is 0.676. The molecule has 1 rings (SSSR count). The lowest BCUT2D eigenvalue weighted by Crippen LogP contribution is -2.42. The van der Waals surface area contributed by atoms with E-state index in [0.717, 1.165) is 11.3 Å². The number of carbonyl (C=O) groups is 1. The number of hydrogen-bond acceptors (Lipinski definition) is 4. The van der Waals surface area contributed by atoms with Gasteiger partial charge in [-0.25, -0.2) is 0 Å². The van der Waals surface area contributed by atoms with Gasteiger partial charge in [0.2, 0.25) is 5.91 Å². The van der Waals surface area contributed by atoms with Crippen LogP contribution in [0.3, 0.4) is 0 Å². The van der Waals surface area contributed by atoms with Crippen molar-refractivity contribution in [3.8, 4) is 5.75 Å². The smallest absolute Gasteiger partial charge is 0.237 e. The number of rotatable bonds is 8. The van der Waals surface area contributed by atoms with Crippen molar-refractivity contribution in [3.63, 3.8) is 0 Å². The summed E-state index contributed by atoms with van der Waals surface area (Å²) in [5, 5.41) is 12.8. The molecule has 1 unspecified atom stereocenters. The molecule has 0 fully saturated rings. The van der Waals surface area contributed by atoms with Crippen molar-refractivity contribution in [2.45, 2.75) is 52.4 Å². The molecule has 1 aromatic rings. The Hall–Kier alpha value is -1.30. The summed E-state index contributed by atoms with van der Waals surface area (Å²) in [6, 6.07) is 6.68. The number of benzene rings is 1. The Balaban J connectivity index is 0.00000484. The summed E-state index contributed by atoms with van der Waals surface area (Å²) in [7, 11) is 0. The topological polar surface area (TPSA) is 84.6 Å². The number of ether oxygens (including phenoxy) is 1. The first-order chi connectivity index (χ1) is 10.3. The van der Waals surface area contributed by atoms with E-state index in [0.29, 0.717) is 12.3 Å². The first-order valence-electron chi connectivity index (χ1n) is 7.77. The third kappa shape index (κ3) is 8.21. The molecule has 132 valence electrons. The van der Waals surface area contributed by atoms with Crippen LogP contribution in [0.4, 0.5) is 0 Å². The molecule has 0 bridgehead atoms. The highest BCUT2D eigenvalue weighted by molar-refractivity contribution is 5.85. The van der Waals surface area contributed by atoms with Gasteiger partial charge in [-0.3, -0.25) is 4.79 Å². The molecule has 5 nitrogen and oxygen atoms in total. The zero-order valence-electron chi connectivity index (χ0n) is 14.3.